The zero-order chi connectivity index (χ0) is 14.6. The Balaban J connectivity index is 1.87. The molecule has 0 aliphatic heterocycles. The first-order valence-electron chi connectivity index (χ1n) is 7.14. The number of amides is 1. The van der Waals surface area contributed by atoms with Crippen molar-refractivity contribution in [3.8, 4) is 0 Å². The standard InChI is InChI=1S/C15H21ClN2O2/c1-2-11-3-6-15(20,7-4-11)10-18-14(19)12-5-8-17-13(16)9-12/h5,8-9,11,20H,2-4,6-7,10H2,1H3,(H,18,19). The van der Waals surface area contributed by atoms with Crippen molar-refractivity contribution in [1.82, 2.24) is 10.3 Å². The SMILES string of the molecule is CCC1CCC(O)(CNC(=O)c2ccnc(Cl)c2)CC1. The molecule has 0 saturated heterocycles. The minimum absolute atomic E-state index is 0.222. The summed E-state index contributed by atoms with van der Waals surface area (Å²) >= 11 is 5.76. The van der Waals surface area contributed by atoms with Crippen LogP contribution in [0.15, 0.2) is 18.3 Å². The van der Waals surface area contributed by atoms with Crippen LogP contribution in [0.1, 0.15) is 49.4 Å². The topological polar surface area (TPSA) is 62.2 Å². The fourth-order valence-corrected chi connectivity index (χ4v) is 2.86. The average Bonchev–Trinajstić information content (AvgIpc) is 2.46. The highest BCUT2D eigenvalue weighted by atomic mass is 35.5. The highest BCUT2D eigenvalue weighted by molar-refractivity contribution is 6.29. The summed E-state index contributed by atoms with van der Waals surface area (Å²) < 4.78 is 0. The molecule has 0 atom stereocenters. The van der Waals surface area contributed by atoms with Crippen molar-refractivity contribution in [3.63, 3.8) is 0 Å². The molecule has 1 aromatic heterocycles. The number of nitrogens with one attached hydrogen (secondary N) is 1. The Hall–Kier alpha value is -1.13. The Labute approximate surface area is 124 Å². The van der Waals surface area contributed by atoms with E-state index in [-0.39, 0.29) is 5.91 Å². The van der Waals surface area contributed by atoms with Crippen molar-refractivity contribution in [3.05, 3.63) is 29.0 Å². The number of hydrogen-bond acceptors (Lipinski definition) is 3. The van der Waals surface area contributed by atoms with Crippen LogP contribution in [0.2, 0.25) is 5.15 Å². The molecule has 0 aromatic carbocycles. The van der Waals surface area contributed by atoms with E-state index in [9.17, 15) is 9.90 Å². The van der Waals surface area contributed by atoms with Gasteiger partial charge in [0.2, 0.25) is 0 Å². The van der Waals surface area contributed by atoms with E-state index in [1.54, 1.807) is 6.07 Å². The van der Waals surface area contributed by atoms with Crippen molar-refractivity contribution in [2.45, 2.75) is 44.6 Å². The lowest BCUT2D eigenvalue weighted by Crippen LogP contribution is -2.45. The molecule has 1 fully saturated rings. The zero-order valence-electron chi connectivity index (χ0n) is 11.7. The Kier molecular flexibility index (Phi) is 5.00. The van der Waals surface area contributed by atoms with E-state index in [1.165, 1.54) is 12.3 Å². The van der Waals surface area contributed by atoms with E-state index >= 15 is 0 Å². The van der Waals surface area contributed by atoms with Gasteiger partial charge >= 0.3 is 0 Å². The fraction of sp³-hybridized carbons (Fsp3) is 0.600. The molecule has 0 spiro atoms. The lowest BCUT2D eigenvalue weighted by atomic mass is 9.78. The van der Waals surface area contributed by atoms with Gasteiger partial charge in [-0.15, -0.1) is 0 Å². The minimum Gasteiger partial charge on any atom is -0.388 e. The molecular weight excluding hydrogens is 276 g/mol. The van der Waals surface area contributed by atoms with Gasteiger partial charge in [-0.3, -0.25) is 4.79 Å². The van der Waals surface area contributed by atoms with Gasteiger partial charge in [-0.1, -0.05) is 24.9 Å². The van der Waals surface area contributed by atoms with E-state index in [0.29, 0.717) is 23.2 Å². The summed E-state index contributed by atoms with van der Waals surface area (Å²) in [5, 5.41) is 13.6. The molecule has 110 valence electrons. The first-order valence-corrected chi connectivity index (χ1v) is 7.52. The van der Waals surface area contributed by atoms with Crippen LogP contribution in [0, 0.1) is 5.92 Å². The zero-order valence-corrected chi connectivity index (χ0v) is 12.5. The van der Waals surface area contributed by atoms with E-state index in [1.807, 2.05) is 0 Å². The van der Waals surface area contributed by atoms with Crippen LogP contribution in [0.4, 0.5) is 0 Å². The minimum atomic E-state index is -0.766. The van der Waals surface area contributed by atoms with Gasteiger partial charge in [0.05, 0.1) is 5.60 Å². The maximum absolute atomic E-state index is 12.0. The van der Waals surface area contributed by atoms with Crippen LogP contribution < -0.4 is 5.32 Å². The van der Waals surface area contributed by atoms with Gasteiger partial charge in [-0.25, -0.2) is 4.98 Å². The number of nitrogens with zero attached hydrogens (tertiary/aromatic N) is 1. The smallest absolute Gasteiger partial charge is 0.251 e. The average molecular weight is 297 g/mol. The third-order valence-electron chi connectivity index (χ3n) is 4.18. The summed E-state index contributed by atoms with van der Waals surface area (Å²) in [6.45, 7) is 2.48. The maximum atomic E-state index is 12.0. The van der Waals surface area contributed by atoms with Gasteiger partial charge in [0.1, 0.15) is 5.15 Å². The molecule has 2 rings (SSSR count). The summed E-state index contributed by atoms with van der Waals surface area (Å²) in [4.78, 5) is 15.8. The van der Waals surface area contributed by atoms with Crippen molar-refractivity contribution in [1.29, 1.82) is 0 Å². The molecule has 0 unspecified atom stereocenters. The summed E-state index contributed by atoms with van der Waals surface area (Å²) in [5.41, 5.74) is -0.297. The second kappa shape index (κ2) is 6.55. The van der Waals surface area contributed by atoms with Gasteiger partial charge in [-0.05, 0) is 43.7 Å². The van der Waals surface area contributed by atoms with Crippen LogP contribution in [0.5, 0.6) is 0 Å². The number of carbonyl (C=O) groups is 1. The molecule has 1 aliphatic carbocycles. The fourth-order valence-electron chi connectivity index (χ4n) is 2.69. The van der Waals surface area contributed by atoms with E-state index < -0.39 is 5.60 Å². The van der Waals surface area contributed by atoms with Crippen molar-refractivity contribution >= 4 is 17.5 Å². The van der Waals surface area contributed by atoms with Gasteiger partial charge in [0.15, 0.2) is 0 Å². The monoisotopic (exact) mass is 296 g/mol. The number of aliphatic hydroxyl groups is 1. The Bertz CT molecular complexity index is 471. The summed E-state index contributed by atoms with van der Waals surface area (Å²) in [5.74, 6) is 0.491. The maximum Gasteiger partial charge on any atom is 0.251 e. The summed E-state index contributed by atoms with van der Waals surface area (Å²) in [6, 6.07) is 3.13. The summed E-state index contributed by atoms with van der Waals surface area (Å²) in [7, 11) is 0. The van der Waals surface area contributed by atoms with Crippen LogP contribution in [0.3, 0.4) is 0 Å². The van der Waals surface area contributed by atoms with Crippen molar-refractivity contribution in [2.24, 2.45) is 5.92 Å². The Morgan fingerprint density at radius 2 is 2.25 bits per heavy atom. The number of rotatable bonds is 4. The normalized spacial score (nSPS) is 26.2. The number of pyridine rings is 1. The number of aromatic nitrogens is 1. The molecule has 1 heterocycles. The van der Waals surface area contributed by atoms with Crippen LogP contribution in [-0.2, 0) is 0 Å². The van der Waals surface area contributed by atoms with Crippen LogP contribution in [-0.4, -0.2) is 28.1 Å². The van der Waals surface area contributed by atoms with E-state index in [0.717, 1.165) is 32.1 Å². The second-order valence-electron chi connectivity index (χ2n) is 5.63. The quantitative estimate of drug-likeness (QED) is 0.840. The third kappa shape index (κ3) is 3.93. The highest BCUT2D eigenvalue weighted by Crippen LogP contribution is 2.33. The Morgan fingerprint density at radius 1 is 1.55 bits per heavy atom. The lowest BCUT2D eigenvalue weighted by molar-refractivity contribution is -0.00786. The number of halogens is 1. The van der Waals surface area contributed by atoms with E-state index in [2.05, 4.69) is 17.2 Å². The molecule has 1 aromatic rings. The van der Waals surface area contributed by atoms with E-state index in [4.69, 9.17) is 11.6 Å². The van der Waals surface area contributed by atoms with Gasteiger partial charge in [0.25, 0.3) is 5.91 Å². The molecule has 0 bridgehead atoms. The largest absolute Gasteiger partial charge is 0.388 e. The molecule has 4 nitrogen and oxygen atoms in total. The first-order chi connectivity index (χ1) is 9.52. The lowest BCUT2D eigenvalue weighted by Gasteiger charge is -2.35. The molecule has 5 heteroatoms. The number of carbonyl (C=O) groups excluding carboxylic acids is 1. The third-order valence-corrected chi connectivity index (χ3v) is 4.39. The van der Waals surface area contributed by atoms with Gasteiger partial charge in [-0.2, -0.15) is 0 Å². The summed E-state index contributed by atoms with van der Waals surface area (Å²) in [6.07, 6.45) is 6.23. The first kappa shape index (κ1) is 15.3. The van der Waals surface area contributed by atoms with Gasteiger partial charge < -0.3 is 10.4 Å². The highest BCUT2D eigenvalue weighted by Gasteiger charge is 2.32. The predicted octanol–water partition coefficient (Wildman–Crippen LogP) is 2.80. The molecular formula is C15H21ClN2O2. The predicted molar refractivity (Wildman–Crippen MR) is 78.8 cm³/mol. The Morgan fingerprint density at radius 3 is 2.85 bits per heavy atom. The molecule has 1 saturated carbocycles. The van der Waals surface area contributed by atoms with Crippen molar-refractivity contribution < 1.29 is 9.90 Å². The molecule has 2 N–H and O–H groups in total. The van der Waals surface area contributed by atoms with Crippen LogP contribution >= 0.6 is 11.6 Å². The number of hydrogen-bond donors (Lipinski definition) is 2. The molecule has 1 amide bonds. The molecule has 20 heavy (non-hydrogen) atoms. The van der Waals surface area contributed by atoms with Gasteiger partial charge in [0, 0.05) is 18.3 Å². The second-order valence-corrected chi connectivity index (χ2v) is 6.01. The molecule has 1 aliphatic rings. The molecule has 0 radical (unpaired) electrons. The van der Waals surface area contributed by atoms with Crippen molar-refractivity contribution in [2.75, 3.05) is 6.54 Å². The van der Waals surface area contributed by atoms with Crippen LogP contribution in [0.25, 0.3) is 0 Å².